The van der Waals surface area contributed by atoms with E-state index in [1.54, 1.807) is 6.07 Å². The van der Waals surface area contributed by atoms with Gasteiger partial charge >= 0.3 is 0 Å². The van der Waals surface area contributed by atoms with Crippen molar-refractivity contribution in [2.24, 2.45) is 0 Å². The van der Waals surface area contributed by atoms with Crippen LogP contribution in [-0.4, -0.2) is 16.4 Å². The molecular formula is C52H36N2O2. The van der Waals surface area contributed by atoms with Crippen LogP contribution in [0.3, 0.4) is 0 Å². The van der Waals surface area contributed by atoms with E-state index in [1.165, 1.54) is 4.90 Å². The van der Waals surface area contributed by atoms with E-state index >= 15 is 4.79 Å². The van der Waals surface area contributed by atoms with E-state index < -0.39 is 0 Å². The maximum Gasteiger partial charge on any atom is 0.268 e. The van der Waals surface area contributed by atoms with Gasteiger partial charge in [-0.25, -0.2) is 4.90 Å². The quantitative estimate of drug-likeness (QED) is 0.161. The smallest absolute Gasteiger partial charge is 0.268 e. The first kappa shape index (κ1) is 33.3. The summed E-state index contributed by atoms with van der Waals surface area (Å²) in [5.74, 6) is -0.687. The van der Waals surface area contributed by atoms with Gasteiger partial charge in [-0.3, -0.25) is 9.59 Å². The van der Waals surface area contributed by atoms with Gasteiger partial charge in [0.15, 0.2) is 0 Å². The van der Waals surface area contributed by atoms with E-state index in [0.717, 1.165) is 77.4 Å². The number of carbonyl (C=O) groups excluding carboxylic acids is 2. The van der Waals surface area contributed by atoms with E-state index in [1.807, 2.05) is 72.8 Å². The standard InChI is InChI=1S/C52H36N2O2/c1-33-17-9-11-23-37(33)40-26-13-28-42-43-29-14-27-41(38-24-12-10-18-34(38)2)50(43)53(49(40)42)46-32-16-30-44-48(46)52(56)54(51(44)55)45-31-15-25-39(35-19-5-3-6-20-35)47(45)36-21-7-4-8-22-36/h3-32H,1-2H3. The lowest BCUT2D eigenvalue weighted by molar-refractivity contribution is 0.0926. The molecule has 0 atom stereocenters. The van der Waals surface area contributed by atoms with Crippen molar-refractivity contribution in [3.8, 4) is 50.2 Å². The van der Waals surface area contributed by atoms with Gasteiger partial charge in [0.05, 0.1) is 33.5 Å². The van der Waals surface area contributed by atoms with Gasteiger partial charge < -0.3 is 4.57 Å². The molecular weight excluding hydrogens is 685 g/mol. The molecule has 0 bridgehead atoms. The highest BCUT2D eigenvalue weighted by Gasteiger charge is 2.41. The number of hydrogen-bond acceptors (Lipinski definition) is 2. The van der Waals surface area contributed by atoms with Gasteiger partial charge in [-0.1, -0.05) is 164 Å². The highest BCUT2D eigenvalue weighted by molar-refractivity contribution is 6.37. The number of carbonyl (C=O) groups is 2. The number of amides is 2. The van der Waals surface area contributed by atoms with Gasteiger partial charge in [0.25, 0.3) is 11.8 Å². The Morgan fingerprint density at radius 1 is 0.339 bits per heavy atom. The number of imide groups is 1. The zero-order chi connectivity index (χ0) is 37.9. The molecule has 4 nitrogen and oxygen atoms in total. The molecule has 2 amide bonds. The Morgan fingerprint density at radius 3 is 1.36 bits per heavy atom. The Morgan fingerprint density at radius 2 is 0.786 bits per heavy atom. The maximum atomic E-state index is 15.3. The number of rotatable bonds is 6. The molecule has 0 fully saturated rings. The number of fused-ring (bicyclic) bond motifs is 4. The Labute approximate surface area is 325 Å². The van der Waals surface area contributed by atoms with Crippen molar-refractivity contribution in [1.29, 1.82) is 0 Å². The average Bonchev–Trinajstić information content (AvgIpc) is 3.72. The first-order valence-electron chi connectivity index (χ1n) is 19.0. The molecule has 2 heterocycles. The number of para-hydroxylation sites is 2. The van der Waals surface area contributed by atoms with E-state index in [4.69, 9.17) is 0 Å². The first-order chi connectivity index (χ1) is 27.5. The lowest BCUT2D eigenvalue weighted by Crippen LogP contribution is -2.30. The largest absolute Gasteiger partial charge is 0.307 e. The zero-order valence-electron chi connectivity index (χ0n) is 31.0. The van der Waals surface area contributed by atoms with Gasteiger partial charge in [-0.15, -0.1) is 0 Å². The van der Waals surface area contributed by atoms with Crippen molar-refractivity contribution in [2.75, 3.05) is 4.90 Å². The van der Waals surface area contributed by atoms with Crippen molar-refractivity contribution in [2.45, 2.75) is 13.8 Å². The second kappa shape index (κ2) is 13.2. The molecule has 1 aromatic heterocycles. The molecule has 1 aliphatic rings. The monoisotopic (exact) mass is 720 g/mol. The third kappa shape index (κ3) is 5.07. The molecule has 0 N–H and O–H groups in total. The average molecular weight is 721 g/mol. The predicted octanol–water partition coefficient (Wildman–Crippen LogP) is 12.9. The van der Waals surface area contributed by atoms with Crippen LogP contribution in [0.4, 0.5) is 5.69 Å². The number of aryl methyl sites for hydroxylation is 2. The molecule has 56 heavy (non-hydrogen) atoms. The van der Waals surface area contributed by atoms with Crippen LogP contribution in [0.15, 0.2) is 182 Å². The SMILES string of the molecule is Cc1ccccc1-c1cccc2c3cccc(-c4ccccc4C)c3n(-c3cccc4c3C(=O)N(c3cccc(-c5ccccc5)c3-c3ccccc3)C4=O)c12. The van der Waals surface area contributed by atoms with Crippen LogP contribution in [0.1, 0.15) is 31.8 Å². The van der Waals surface area contributed by atoms with Gasteiger partial charge in [-0.05, 0) is 71.0 Å². The molecule has 0 spiro atoms. The number of aromatic nitrogens is 1. The van der Waals surface area contributed by atoms with Gasteiger partial charge in [0, 0.05) is 27.5 Å². The van der Waals surface area contributed by atoms with Crippen LogP contribution in [0.25, 0.3) is 72.0 Å². The Kier molecular flexibility index (Phi) is 7.86. The predicted molar refractivity (Wildman–Crippen MR) is 230 cm³/mol. The number of benzene rings is 8. The fraction of sp³-hybridized carbons (Fsp3) is 0.0385. The molecule has 1 aliphatic heterocycles. The van der Waals surface area contributed by atoms with Crippen molar-refractivity contribution in [3.05, 3.63) is 204 Å². The second-order valence-corrected chi connectivity index (χ2v) is 14.4. The lowest BCUT2D eigenvalue weighted by atomic mass is 9.92. The first-order valence-corrected chi connectivity index (χ1v) is 19.0. The third-order valence-corrected chi connectivity index (χ3v) is 11.2. The molecule has 4 heteroatoms. The van der Waals surface area contributed by atoms with Gasteiger partial charge in [-0.2, -0.15) is 0 Å². The zero-order valence-corrected chi connectivity index (χ0v) is 31.0. The van der Waals surface area contributed by atoms with Crippen LogP contribution < -0.4 is 4.90 Å². The summed E-state index contributed by atoms with van der Waals surface area (Å²) in [6, 6.07) is 61.5. The number of anilines is 1. The molecule has 10 rings (SSSR count). The highest BCUT2D eigenvalue weighted by atomic mass is 16.2. The van der Waals surface area contributed by atoms with Crippen molar-refractivity contribution < 1.29 is 9.59 Å². The molecule has 266 valence electrons. The van der Waals surface area contributed by atoms with Crippen LogP contribution in [0.2, 0.25) is 0 Å². The Bertz CT molecular complexity index is 2930. The van der Waals surface area contributed by atoms with E-state index in [0.29, 0.717) is 22.5 Å². The fourth-order valence-electron chi connectivity index (χ4n) is 8.71. The van der Waals surface area contributed by atoms with Crippen LogP contribution >= 0.6 is 0 Å². The summed E-state index contributed by atoms with van der Waals surface area (Å²) < 4.78 is 2.25. The molecule has 0 saturated carbocycles. The molecule has 0 aliphatic carbocycles. The third-order valence-electron chi connectivity index (χ3n) is 11.2. The van der Waals surface area contributed by atoms with Gasteiger partial charge in [0.2, 0.25) is 0 Å². The summed E-state index contributed by atoms with van der Waals surface area (Å²) in [5.41, 5.74) is 14.3. The topological polar surface area (TPSA) is 42.3 Å². The molecule has 9 aromatic rings. The molecule has 8 aromatic carbocycles. The van der Waals surface area contributed by atoms with E-state index in [-0.39, 0.29) is 11.8 Å². The molecule has 0 saturated heterocycles. The number of hydrogen-bond donors (Lipinski definition) is 0. The van der Waals surface area contributed by atoms with Crippen LogP contribution in [-0.2, 0) is 0 Å². The minimum Gasteiger partial charge on any atom is -0.307 e. The summed E-state index contributed by atoms with van der Waals surface area (Å²) in [6.45, 7) is 4.27. The van der Waals surface area contributed by atoms with E-state index in [9.17, 15) is 4.79 Å². The number of nitrogens with zero attached hydrogens (tertiary/aromatic N) is 2. The Hall–Kier alpha value is -7.30. The lowest BCUT2D eigenvalue weighted by Gasteiger charge is -2.22. The summed E-state index contributed by atoms with van der Waals surface area (Å²) in [4.78, 5) is 31.6. The molecule has 0 radical (unpaired) electrons. The summed E-state index contributed by atoms with van der Waals surface area (Å²) in [7, 11) is 0. The normalized spacial score (nSPS) is 12.5. The van der Waals surface area contributed by atoms with Crippen molar-refractivity contribution in [3.63, 3.8) is 0 Å². The summed E-state index contributed by atoms with van der Waals surface area (Å²) >= 11 is 0. The Balaban J connectivity index is 1.28. The second-order valence-electron chi connectivity index (χ2n) is 14.4. The van der Waals surface area contributed by atoms with Crippen molar-refractivity contribution >= 4 is 39.3 Å². The fourth-order valence-corrected chi connectivity index (χ4v) is 8.71. The highest BCUT2D eigenvalue weighted by Crippen LogP contribution is 2.46. The maximum absolute atomic E-state index is 15.3. The molecule has 0 unspecified atom stereocenters. The minimum absolute atomic E-state index is 0.340. The van der Waals surface area contributed by atoms with Gasteiger partial charge in [0.1, 0.15) is 0 Å². The minimum atomic E-state index is -0.347. The van der Waals surface area contributed by atoms with E-state index in [2.05, 4.69) is 122 Å². The summed E-state index contributed by atoms with van der Waals surface area (Å²) in [5, 5.41) is 2.15. The van der Waals surface area contributed by atoms with Crippen LogP contribution in [0, 0.1) is 13.8 Å². The van der Waals surface area contributed by atoms with Crippen LogP contribution in [0.5, 0.6) is 0 Å². The summed E-state index contributed by atoms with van der Waals surface area (Å²) in [6.07, 6.45) is 0. The van der Waals surface area contributed by atoms with Crippen molar-refractivity contribution in [1.82, 2.24) is 4.57 Å².